The first-order valence-electron chi connectivity index (χ1n) is 7.58. The van der Waals surface area contributed by atoms with Gasteiger partial charge < -0.3 is 19.2 Å². The first-order valence-corrected chi connectivity index (χ1v) is 7.58. The Bertz CT molecular complexity index is 639. The molecule has 1 saturated carbocycles. The van der Waals surface area contributed by atoms with Crippen molar-refractivity contribution in [1.29, 1.82) is 0 Å². The summed E-state index contributed by atoms with van der Waals surface area (Å²) in [6, 6.07) is 5.76. The molecule has 0 N–H and O–H groups in total. The Balaban J connectivity index is 1.38. The lowest BCUT2D eigenvalue weighted by molar-refractivity contribution is -0.132. The smallest absolute Gasteiger partial charge is 0.231 e. The van der Waals surface area contributed by atoms with Crippen LogP contribution in [0, 0.1) is 5.92 Å². The Morgan fingerprint density at radius 2 is 2.14 bits per heavy atom. The Morgan fingerprint density at radius 1 is 1.32 bits per heavy atom. The van der Waals surface area contributed by atoms with Crippen molar-refractivity contribution in [3.8, 4) is 11.5 Å². The molecule has 3 aliphatic rings. The third-order valence-corrected chi connectivity index (χ3v) is 4.22. The Kier molecular flexibility index (Phi) is 3.17. The maximum absolute atomic E-state index is 12.0. The second-order valence-corrected chi connectivity index (χ2v) is 6.03. The van der Waals surface area contributed by atoms with Crippen molar-refractivity contribution in [2.45, 2.75) is 25.4 Å². The van der Waals surface area contributed by atoms with E-state index in [4.69, 9.17) is 14.3 Å². The second-order valence-electron chi connectivity index (χ2n) is 6.03. The molecule has 22 heavy (non-hydrogen) atoms. The molecule has 1 fully saturated rings. The van der Waals surface area contributed by atoms with Crippen LogP contribution in [0.15, 0.2) is 23.4 Å². The molecule has 2 heterocycles. The summed E-state index contributed by atoms with van der Waals surface area (Å²) in [5.41, 5.74) is 1.86. The number of hydrogen-bond donors (Lipinski definition) is 0. The predicted molar refractivity (Wildman–Crippen MR) is 79.0 cm³/mol. The van der Waals surface area contributed by atoms with Crippen LogP contribution in [0.25, 0.3) is 0 Å². The van der Waals surface area contributed by atoms with Crippen molar-refractivity contribution in [3.63, 3.8) is 0 Å². The summed E-state index contributed by atoms with van der Waals surface area (Å²) in [6.07, 6.45) is 2.66. The number of oxime groups is 1. The number of ether oxygens (including phenoxy) is 2. The zero-order valence-electron chi connectivity index (χ0n) is 12.4. The number of nitrogens with zero attached hydrogens (tertiary/aromatic N) is 2. The lowest BCUT2D eigenvalue weighted by Gasteiger charge is -2.19. The normalized spacial score (nSPS) is 22.2. The Labute approximate surface area is 128 Å². The van der Waals surface area contributed by atoms with Crippen molar-refractivity contribution in [1.82, 2.24) is 4.90 Å². The van der Waals surface area contributed by atoms with Crippen LogP contribution in [0.2, 0.25) is 0 Å². The molecule has 1 aromatic carbocycles. The van der Waals surface area contributed by atoms with E-state index >= 15 is 0 Å². The van der Waals surface area contributed by atoms with Gasteiger partial charge >= 0.3 is 0 Å². The van der Waals surface area contributed by atoms with Gasteiger partial charge in [0.15, 0.2) is 17.6 Å². The molecule has 1 amide bonds. The number of likely N-dealkylation sites (N-methyl/N-ethyl adjacent to an activating group) is 1. The number of benzene rings is 1. The third-order valence-electron chi connectivity index (χ3n) is 4.22. The molecular weight excluding hydrogens is 284 g/mol. The van der Waals surface area contributed by atoms with Gasteiger partial charge in [0.1, 0.15) is 0 Å². The average molecular weight is 302 g/mol. The fraction of sp³-hybridized carbons (Fsp3) is 0.500. The van der Waals surface area contributed by atoms with Crippen LogP contribution in [0.5, 0.6) is 11.5 Å². The lowest BCUT2D eigenvalue weighted by Crippen LogP contribution is -2.35. The van der Waals surface area contributed by atoms with Crippen LogP contribution in [0.1, 0.15) is 24.8 Å². The van der Waals surface area contributed by atoms with Gasteiger partial charge in [0, 0.05) is 24.9 Å². The summed E-state index contributed by atoms with van der Waals surface area (Å²) in [5.74, 6) is 1.96. The molecule has 0 radical (unpaired) electrons. The highest BCUT2D eigenvalue weighted by Crippen LogP contribution is 2.34. The summed E-state index contributed by atoms with van der Waals surface area (Å²) < 4.78 is 10.7. The molecule has 0 saturated heterocycles. The SMILES string of the molecule is CN(C[C@@H]1CC(c2ccc3c(c2)OCO3)=NO1)C(=O)C1CC1. The zero-order valence-corrected chi connectivity index (χ0v) is 12.4. The molecule has 0 unspecified atom stereocenters. The largest absolute Gasteiger partial charge is 0.454 e. The average Bonchev–Trinajstić information content (AvgIpc) is 3.08. The van der Waals surface area contributed by atoms with Gasteiger partial charge in [0.05, 0.1) is 12.3 Å². The van der Waals surface area contributed by atoms with Gasteiger partial charge in [-0.2, -0.15) is 0 Å². The molecule has 6 nitrogen and oxygen atoms in total. The molecule has 4 rings (SSSR count). The topological polar surface area (TPSA) is 60.4 Å². The molecule has 0 aromatic heterocycles. The van der Waals surface area contributed by atoms with Gasteiger partial charge in [-0.05, 0) is 31.0 Å². The van der Waals surface area contributed by atoms with E-state index in [2.05, 4.69) is 5.16 Å². The second kappa shape index (κ2) is 5.19. The maximum Gasteiger partial charge on any atom is 0.231 e. The standard InChI is InChI=1S/C16H18N2O4/c1-18(16(19)10-2-3-10)8-12-7-13(17-22-12)11-4-5-14-15(6-11)21-9-20-14/h4-6,10,12H,2-3,7-9H2,1H3/t12-/m0/s1. The fourth-order valence-electron chi connectivity index (χ4n) is 2.81. The van der Waals surface area contributed by atoms with Gasteiger partial charge in [-0.25, -0.2) is 0 Å². The van der Waals surface area contributed by atoms with Crippen molar-refractivity contribution in [2.75, 3.05) is 20.4 Å². The number of amides is 1. The van der Waals surface area contributed by atoms with Crippen molar-refractivity contribution < 1.29 is 19.1 Å². The molecule has 2 aliphatic heterocycles. The van der Waals surface area contributed by atoms with E-state index in [0.717, 1.165) is 35.6 Å². The van der Waals surface area contributed by atoms with E-state index in [0.29, 0.717) is 13.0 Å². The van der Waals surface area contributed by atoms with Gasteiger partial charge in [0.25, 0.3) is 0 Å². The van der Waals surface area contributed by atoms with Crippen molar-refractivity contribution >= 4 is 11.6 Å². The Hall–Kier alpha value is -2.24. The molecule has 1 aromatic rings. The number of hydrogen-bond acceptors (Lipinski definition) is 5. The van der Waals surface area contributed by atoms with Gasteiger partial charge in [-0.15, -0.1) is 0 Å². The highest BCUT2D eigenvalue weighted by atomic mass is 16.7. The van der Waals surface area contributed by atoms with E-state index in [1.54, 1.807) is 4.90 Å². The zero-order chi connectivity index (χ0) is 15.1. The van der Waals surface area contributed by atoms with Crippen LogP contribution in [-0.4, -0.2) is 43.0 Å². The molecule has 6 heteroatoms. The molecular formula is C16H18N2O4. The molecule has 1 aliphatic carbocycles. The van der Waals surface area contributed by atoms with Crippen LogP contribution in [-0.2, 0) is 9.63 Å². The summed E-state index contributed by atoms with van der Waals surface area (Å²) in [6.45, 7) is 0.839. The van der Waals surface area contributed by atoms with E-state index in [-0.39, 0.29) is 24.7 Å². The van der Waals surface area contributed by atoms with Crippen LogP contribution >= 0.6 is 0 Å². The predicted octanol–water partition coefficient (Wildman–Crippen LogP) is 1.78. The molecule has 116 valence electrons. The maximum atomic E-state index is 12.0. The van der Waals surface area contributed by atoms with Gasteiger partial charge in [-0.1, -0.05) is 5.16 Å². The molecule has 0 spiro atoms. The van der Waals surface area contributed by atoms with Crippen LogP contribution < -0.4 is 9.47 Å². The monoisotopic (exact) mass is 302 g/mol. The third kappa shape index (κ3) is 2.49. The minimum atomic E-state index is -0.0758. The summed E-state index contributed by atoms with van der Waals surface area (Å²) in [4.78, 5) is 19.2. The Morgan fingerprint density at radius 3 is 2.95 bits per heavy atom. The summed E-state index contributed by atoms with van der Waals surface area (Å²) in [7, 11) is 1.84. The first-order chi connectivity index (χ1) is 10.7. The highest BCUT2D eigenvalue weighted by Gasteiger charge is 2.34. The van der Waals surface area contributed by atoms with Gasteiger partial charge in [-0.3, -0.25) is 4.79 Å². The highest BCUT2D eigenvalue weighted by molar-refractivity contribution is 6.01. The van der Waals surface area contributed by atoms with E-state index in [1.807, 2.05) is 25.2 Å². The molecule has 1 atom stereocenters. The van der Waals surface area contributed by atoms with E-state index in [1.165, 1.54) is 0 Å². The van der Waals surface area contributed by atoms with Crippen molar-refractivity contribution in [2.24, 2.45) is 11.1 Å². The summed E-state index contributed by atoms with van der Waals surface area (Å²) >= 11 is 0. The quantitative estimate of drug-likeness (QED) is 0.850. The summed E-state index contributed by atoms with van der Waals surface area (Å²) in [5, 5.41) is 4.17. The van der Waals surface area contributed by atoms with Crippen LogP contribution in [0.4, 0.5) is 0 Å². The number of fused-ring (bicyclic) bond motifs is 1. The van der Waals surface area contributed by atoms with E-state index < -0.39 is 0 Å². The van der Waals surface area contributed by atoms with E-state index in [9.17, 15) is 4.79 Å². The number of carbonyl (C=O) groups is 1. The number of carbonyl (C=O) groups excluding carboxylic acids is 1. The minimum Gasteiger partial charge on any atom is -0.454 e. The first kappa shape index (κ1) is 13.4. The van der Waals surface area contributed by atoms with Gasteiger partial charge in [0.2, 0.25) is 12.7 Å². The minimum absolute atomic E-state index is 0.0758. The van der Waals surface area contributed by atoms with Crippen molar-refractivity contribution in [3.05, 3.63) is 23.8 Å². The fourth-order valence-corrected chi connectivity index (χ4v) is 2.81. The van der Waals surface area contributed by atoms with Crippen LogP contribution in [0.3, 0.4) is 0 Å². The number of rotatable bonds is 4. The molecule has 0 bridgehead atoms. The lowest BCUT2D eigenvalue weighted by atomic mass is 10.0.